The number of carbonyl (C=O) groups is 2. The fraction of sp³-hybridized carbons (Fsp3) is 0.500. The number of aliphatic hydroxyl groups is 2. The van der Waals surface area contributed by atoms with Crippen LogP contribution in [0.4, 0.5) is 14.5 Å². The first-order valence-electron chi connectivity index (χ1n) is 15.8. The Balaban J connectivity index is 1.19. The van der Waals surface area contributed by atoms with Gasteiger partial charge in [-0.15, -0.1) is 0 Å². The Labute approximate surface area is 266 Å². The molecule has 0 bridgehead atoms. The van der Waals surface area contributed by atoms with Crippen LogP contribution in [0.15, 0.2) is 66.3 Å². The summed E-state index contributed by atoms with van der Waals surface area (Å²) in [5.74, 6) is -1.41. The molecule has 0 amide bonds. The Morgan fingerprint density at radius 2 is 1.85 bits per heavy atom. The van der Waals surface area contributed by atoms with Gasteiger partial charge in [-0.1, -0.05) is 25.1 Å². The molecule has 46 heavy (non-hydrogen) atoms. The highest BCUT2D eigenvalue weighted by Gasteiger charge is 2.80. The second kappa shape index (κ2) is 10.5. The van der Waals surface area contributed by atoms with E-state index in [-0.39, 0.29) is 24.8 Å². The summed E-state index contributed by atoms with van der Waals surface area (Å²) < 4.78 is 52.4. The lowest BCUT2D eigenvalue weighted by atomic mass is 9.44. The lowest BCUT2D eigenvalue weighted by Gasteiger charge is -2.63. The van der Waals surface area contributed by atoms with E-state index in [0.29, 0.717) is 17.1 Å². The van der Waals surface area contributed by atoms with Gasteiger partial charge in [0.1, 0.15) is 24.3 Å². The summed E-state index contributed by atoms with van der Waals surface area (Å²) in [4.78, 5) is 25.9. The molecular formula is C36H39F2NO7. The van der Waals surface area contributed by atoms with Gasteiger partial charge in [0.15, 0.2) is 29.1 Å². The molecule has 3 N–H and O–H groups in total. The van der Waals surface area contributed by atoms with Gasteiger partial charge in [0, 0.05) is 41.1 Å². The number of fused-ring (bicyclic) bond motifs is 7. The number of halogens is 2. The zero-order valence-corrected chi connectivity index (χ0v) is 26.3. The number of hydrogen-bond donors (Lipinski definition) is 3. The minimum absolute atomic E-state index is 0.0330. The van der Waals surface area contributed by atoms with Crippen LogP contribution in [0.3, 0.4) is 0 Å². The molecule has 0 spiro atoms. The maximum atomic E-state index is 17.6. The first-order valence-corrected chi connectivity index (χ1v) is 15.8. The van der Waals surface area contributed by atoms with Crippen LogP contribution in [0, 0.1) is 29.6 Å². The zero-order valence-electron chi connectivity index (χ0n) is 26.3. The maximum absolute atomic E-state index is 17.6. The molecular weight excluding hydrogens is 596 g/mol. The molecule has 0 aromatic heterocycles. The number of anilines is 1. The second-order valence-corrected chi connectivity index (χ2v) is 13.9. The number of aryl methyl sites for hydroxylation is 1. The molecule has 2 aromatic rings. The lowest BCUT2D eigenvalue weighted by molar-refractivity contribution is -0.235. The Bertz CT molecular complexity index is 1660. The van der Waals surface area contributed by atoms with Gasteiger partial charge in [0.05, 0.1) is 12.2 Å². The monoisotopic (exact) mass is 635 g/mol. The van der Waals surface area contributed by atoms with Crippen molar-refractivity contribution in [3.63, 3.8) is 0 Å². The van der Waals surface area contributed by atoms with E-state index in [2.05, 4.69) is 5.32 Å². The molecule has 1 aliphatic heterocycles. The predicted molar refractivity (Wildman–Crippen MR) is 165 cm³/mol. The fourth-order valence-electron chi connectivity index (χ4n) is 9.50. The Kier molecular flexibility index (Phi) is 7.14. The molecule has 3 saturated carbocycles. The first kappa shape index (κ1) is 31.2. The van der Waals surface area contributed by atoms with Crippen molar-refractivity contribution in [1.82, 2.24) is 0 Å². The molecule has 5 aliphatic rings. The number of nitrogens with one attached hydrogen (secondary N) is 1. The van der Waals surface area contributed by atoms with E-state index in [0.717, 1.165) is 17.3 Å². The third-order valence-corrected chi connectivity index (χ3v) is 11.7. The minimum Gasteiger partial charge on any atom is -0.457 e. The molecule has 10 heteroatoms. The number of allylic oxidation sites excluding steroid dienone is 4. The number of ether oxygens (including phenoxy) is 3. The molecule has 0 unspecified atom stereocenters. The summed E-state index contributed by atoms with van der Waals surface area (Å²) in [5, 5.41) is 25.0. The molecule has 8 nitrogen and oxygen atoms in total. The summed E-state index contributed by atoms with van der Waals surface area (Å²) in [6, 6.07) is 12.9. The standard InChI is InChI=1S/C36H39F2NO7/c1-19-11-21(39-4)13-24(12-19)44-23-7-5-20(6-8-23)32-45-31-16-25-26-15-28(37)27-14-22(41)9-10-33(27,2)35(26,38)29(42)17-34(25,3)36(31,46-32)30(43)18-40/h5-14,25-26,28-29,31-32,39-40,42H,15-18H2,1-4H3/t25-,26-,28-,29-,31+,32+,33-,34-,35-,36+/m0/s1. The maximum Gasteiger partial charge on any atom is 0.193 e. The molecule has 4 aliphatic carbocycles. The summed E-state index contributed by atoms with van der Waals surface area (Å²) in [5.41, 5.74) is -4.12. The van der Waals surface area contributed by atoms with Gasteiger partial charge in [-0.25, -0.2) is 8.78 Å². The van der Waals surface area contributed by atoms with Crippen LogP contribution in [0.5, 0.6) is 11.5 Å². The Morgan fingerprint density at radius 3 is 2.54 bits per heavy atom. The minimum atomic E-state index is -2.30. The zero-order chi connectivity index (χ0) is 32.8. The van der Waals surface area contributed by atoms with Crippen LogP contribution in [0.1, 0.15) is 50.5 Å². The van der Waals surface area contributed by atoms with E-state index in [1.807, 2.05) is 32.2 Å². The van der Waals surface area contributed by atoms with Crippen molar-refractivity contribution in [2.75, 3.05) is 19.0 Å². The van der Waals surface area contributed by atoms with Gasteiger partial charge in [0.25, 0.3) is 0 Å². The SMILES string of the molecule is CNc1cc(C)cc(Oc2ccc([C@@H]3O[C@@H]4C[C@H]5[C@@H]6C[C@H](F)C7=CC(=O)C=C[C@]7(C)[C@@]6(F)[C@@H](O)C[C@]5(C)[C@]4(C(=O)CO)O3)cc2)c1. The quantitative estimate of drug-likeness (QED) is 0.383. The third-order valence-electron chi connectivity index (χ3n) is 11.7. The molecule has 1 saturated heterocycles. The van der Waals surface area contributed by atoms with E-state index in [1.54, 1.807) is 31.2 Å². The molecule has 4 fully saturated rings. The highest BCUT2D eigenvalue weighted by atomic mass is 19.1. The fourth-order valence-corrected chi connectivity index (χ4v) is 9.50. The largest absolute Gasteiger partial charge is 0.457 e. The molecule has 1 heterocycles. The van der Waals surface area contributed by atoms with Crippen molar-refractivity contribution in [2.45, 2.75) is 76.0 Å². The first-order chi connectivity index (χ1) is 21.8. The summed E-state index contributed by atoms with van der Waals surface area (Å²) in [6.45, 7) is 4.43. The number of carbonyl (C=O) groups excluding carboxylic acids is 2. The summed E-state index contributed by atoms with van der Waals surface area (Å²) in [6.07, 6.45) is -1.55. The van der Waals surface area contributed by atoms with Crippen LogP contribution < -0.4 is 10.1 Å². The van der Waals surface area contributed by atoms with Crippen molar-refractivity contribution in [3.8, 4) is 11.5 Å². The van der Waals surface area contributed by atoms with E-state index in [9.17, 15) is 19.8 Å². The van der Waals surface area contributed by atoms with Gasteiger partial charge in [-0.2, -0.15) is 0 Å². The molecule has 2 aromatic carbocycles. The van der Waals surface area contributed by atoms with Crippen molar-refractivity contribution >= 4 is 17.3 Å². The van der Waals surface area contributed by atoms with E-state index < -0.39 is 76.8 Å². The summed E-state index contributed by atoms with van der Waals surface area (Å²) in [7, 11) is 1.83. The number of benzene rings is 2. The molecule has 10 atom stereocenters. The van der Waals surface area contributed by atoms with Gasteiger partial charge in [-0.05, 0) is 86.6 Å². The average Bonchev–Trinajstić information content (AvgIpc) is 3.52. The third kappa shape index (κ3) is 4.09. The number of alkyl halides is 2. The van der Waals surface area contributed by atoms with Crippen LogP contribution in [-0.4, -0.2) is 65.1 Å². The smallest absolute Gasteiger partial charge is 0.193 e. The van der Waals surface area contributed by atoms with Crippen LogP contribution in [0.25, 0.3) is 0 Å². The van der Waals surface area contributed by atoms with Crippen molar-refractivity contribution < 1.29 is 42.8 Å². The predicted octanol–water partition coefficient (Wildman–Crippen LogP) is 5.47. The normalized spacial score (nSPS) is 40.8. The second-order valence-electron chi connectivity index (χ2n) is 13.9. The summed E-state index contributed by atoms with van der Waals surface area (Å²) >= 11 is 0. The van der Waals surface area contributed by atoms with Gasteiger partial charge in [0.2, 0.25) is 0 Å². The van der Waals surface area contributed by atoms with E-state index in [1.165, 1.54) is 19.1 Å². The van der Waals surface area contributed by atoms with Crippen molar-refractivity contribution in [3.05, 3.63) is 77.4 Å². The average molecular weight is 636 g/mol. The van der Waals surface area contributed by atoms with Gasteiger partial charge < -0.3 is 29.7 Å². The number of Topliss-reactive ketones (excluding diaryl/α,β-unsaturated/α-hetero) is 1. The number of rotatable bonds is 6. The van der Waals surface area contributed by atoms with E-state index >= 15 is 8.78 Å². The van der Waals surface area contributed by atoms with Crippen LogP contribution >= 0.6 is 0 Å². The molecule has 7 rings (SSSR count). The Morgan fingerprint density at radius 1 is 1.11 bits per heavy atom. The van der Waals surface area contributed by atoms with Crippen molar-refractivity contribution in [2.24, 2.45) is 22.7 Å². The lowest BCUT2D eigenvalue weighted by Crippen LogP contribution is -2.70. The highest BCUT2D eigenvalue weighted by Crippen LogP contribution is 2.72. The van der Waals surface area contributed by atoms with Gasteiger partial charge in [-0.3, -0.25) is 9.59 Å². The van der Waals surface area contributed by atoms with Gasteiger partial charge >= 0.3 is 0 Å². The molecule has 244 valence electrons. The highest BCUT2D eigenvalue weighted by molar-refractivity contribution is 6.01. The molecule has 0 radical (unpaired) electrons. The number of aliphatic hydroxyl groups excluding tert-OH is 2. The number of hydrogen-bond acceptors (Lipinski definition) is 8. The van der Waals surface area contributed by atoms with E-state index in [4.69, 9.17) is 14.2 Å². The topological polar surface area (TPSA) is 114 Å². The number of ketones is 2. The van der Waals surface area contributed by atoms with Crippen molar-refractivity contribution in [1.29, 1.82) is 0 Å². The van der Waals surface area contributed by atoms with Crippen LogP contribution in [-0.2, 0) is 19.1 Å². The Hall–Kier alpha value is -3.44. The van der Waals surface area contributed by atoms with Crippen LogP contribution in [0.2, 0.25) is 0 Å².